The maximum absolute atomic E-state index is 12.0. The second-order valence-electron chi connectivity index (χ2n) is 4.39. The smallest absolute Gasteiger partial charge is 0.242 e. The van der Waals surface area contributed by atoms with Crippen molar-refractivity contribution in [3.8, 4) is 0 Å². The van der Waals surface area contributed by atoms with E-state index in [0.29, 0.717) is 13.0 Å². The van der Waals surface area contributed by atoms with Gasteiger partial charge < -0.3 is 0 Å². The first-order valence-electron chi connectivity index (χ1n) is 6.15. The van der Waals surface area contributed by atoms with E-state index in [0.717, 1.165) is 11.1 Å². The number of aryl methyl sites for hydroxylation is 1. The molecule has 0 saturated carbocycles. The molecule has 0 amide bonds. The van der Waals surface area contributed by atoms with E-state index in [-0.39, 0.29) is 10.0 Å². The second-order valence-corrected chi connectivity index (χ2v) is 6.55. The molecule has 0 radical (unpaired) electrons. The number of pyridine rings is 1. The lowest BCUT2D eigenvalue weighted by Crippen LogP contribution is -2.26. The third-order valence-electron chi connectivity index (χ3n) is 2.96. The van der Waals surface area contributed by atoms with Gasteiger partial charge in [0.15, 0.2) is 0 Å². The summed E-state index contributed by atoms with van der Waals surface area (Å²) in [7, 11) is -3.53. The molecule has 0 bridgehead atoms. The fourth-order valence-electron chi connectivity index (χ4n) is 1.82. The summed E-state index contributed by atoms with van der Waals surface area (Å²) in [4.78, 5) is 3.89. The Morgan fingerprint density at radius 2 is 1.95 bits per heavy atom. The van der Waals surface area contributed by atoms with Crippen LogP contribution < -0.4 is 4.72 Å². The first-order chi connectivity index (χ1) is 9.49. The van der Waals surface area contributed by atoms with Gasteiger partial charge >= 0.3 is 0 Å². The minimum Gasteiger partial charge on any atom is -0.243 e. The number of nitrogens with zero attached hydrogens (tertiary/aromatic N) is 1. The van der Waals surface area contributed by atoms with E-state index in [1.54, 1.807) is 0 Å². The minimum absolute atomic E-state index is 0.117. The van der Waals surface area contributed by atoms with Crippen LogP contribution >= 0.6 is 11.6 Å². The van der Waals surface area contributed by atoms with Crippen molar-refractivity contribution in [2.24, 2.45) is 0 Å². The summed E-state index contributed by atoms with van der Waals surface area (Å²) in [5.41, 5.74) is 2.28. The third kappa shape index (κ3) is 3.79. The highest BCUT2D eigenvalue weighted by Gasteiger charge is 2.13. The molecular weight excluding hydrogens is 296 g/mol. The van der Waals surface area contributed by atoms with Gasteiger partial charge in [0, 0.05) is 12.7 Å². The van der Waals surface area contributed by atoms with Crippen molar-refractivity contribution in [1.29, 1.82) is 0 Å². The highest BCUT2D eigenvalue weighted by atomic mass is 35.5. The van der Waals surface area contributed by atoms with E-state index in [1.807, 2.05) is 31.2 Å². The third-order valence-corrected chi connectivity index (χ3v) is 4.63. The minimum atomic E-state index is -3.53. The van der Waals surface area contributed by atoms with E-state index >= 15 is 0 Å². The fraction of sp³-hybridized carbons (Fsp3) is 0.214. The van der Waals surface area contributed by atoms with Crippen LogP contribution in [0.25, 0.3) is 0 Å². The maximum atomic E-state index is 12.0. The van der Waals surface area contributed by atoms with Crippen molar-refractivity contribution >= 4 is 21.6 Å². The van der Waals surface area contributed by atoms with Gasteiger partial charge in [0.05, 0.1) is 0 Å². The first-order valence-corrected chi connectivity index (χ1v) is 8.01. The number of rotatable bonds is 5. The lowest BCUT2D eigenvalue weighted by atomic mass is 10.1. The zero-order valence-corrected chi connectivity index (χ0v) is 12.6. The van der Waals surface area contributed by atoms with Crippen LogP contribution in [0.2, 0.25) is 5.15 Å². The molecule has 4 nitrogen and oxygen atoms in total. The summed E-state index contributed by atoms with van der Waals surface area (Å²) in [5.74, 6) is 0. The van der Waals surface area contributed by atoms with Crippen molar-refractivity contribution in [3.05, 3.63) is 58.9 Å². The van der Waals surface area contributed by atoms with Crippen molar-refractivity contribution in [2.75, 3.05) is 6.54 Å². The fourth-order valence-corrected chi connectivity index (χ4v) is 2.90. The molecule has 1 aromatic heterocycles. The number of halogens is 1. The quantitative estimate of drug-likeness (QED) is 0.863. The molecule has 1 heterocycles. The molecule has 20 heavy (non-hydrogen) atoms. The lowest BCUT2D eigenvalue weighted by Gasteiger charge is -2.08. The molecule has 2 rings (SSSR count). The molecule has 2 aromatic rings. The lowest BCUT2D eigenvalue weighted by molar-refractivity contribution is 0.581. The van der Waals surface area contributed by atoms with Crippen molar-refractivity contribution in [1.82, 2.24) is 9.71 Å². The topological polar surface area (TPSA) is 59.1 Å². The van der Waals surface area contributed by atoms with Gasteiger partial charge in [-0.15, -0.1) is 0 Å². The Morgan fingerprint density at radius 3 is 2.60 bits per heavy atom. The summed E-state index contributed by atoms with van der Waals surface area (Å²) < 4.78 is 26.6. The normalized spacial score (nSPS) is 11.5. The molecule has 6 heteroatoms. The Morgan fingerprint density at radius 1 is 1.20 bits per heavy atom. The maximum Gasteiger partial charge on any atom is 0.242 e. The molecule has 0 unspecified atom stereocenters. The number of benzene rings is 1. The number of hydrogen-bond donors (Lipinski definition) is 1. The van der Waals surface area contributed by atoms with Crippen LogP contribution in [0.5, 0.6) is 0 Å². The Labute approximate surface area is 123 Å². The Hall–Kier alpha value is -1.43. The molecule has 0 fully saturated rings. The van der Waals surface area contributed by atoms with Gasteiger partial charge in [0.2, 0.25) is 10.0 Å². The van der Waals surface area contributed by atoms with E-state index in [9.17, 15) is 8.42 Å². The number of aromatic nitrogens is 1. The predicted molar refractivity (Wildman–Crippen MR) is 79.3 cm³/mol. The zero-order chi connectivity index (χ0) is 14.6. The van der Waals surface area contributed by atoms with Crippen LogP contribution in [0.15, 0.2) is 47.5 Å². The molecule has 1 aromatic carbocycles. The van der Waals surface area contributed by atoms with Crippen LogP contribution in [0, 0.1) is 6.92 Å². The molecule has 0 aliphatic rings. The van der Waals surface area contributed by atoms with E-state index < -0.39 is 10.0 Å². The van der Waals surface area contributed by atoms with Crippen molar-refractivity contribution < 1.29 is 8.42 Å². The Bertz CT molecular complexity index is 685. The summed E-state index contributed by atoms with van der Waals surface area (Å²) in [6.45, 7) is 2.35. The van der Waals surface area contributed by atoms with Gasteiger partial charge in [-0.05, 0) is 36.6 Å². The number of nitrogens with one attached hydrogen (secondary N) is 1. The summed E-state index contributed by atoms with van der Waals surface area (Å²) >= 11 is 5.64. The highest BCUT2D eigenvalue weighted by molar-refractivity contribution is 7.89. The SMILES string of the molecule is Cc1ccccc1CCNS(=O)(=O)c1ccc(Cl)nc1. The van der Waals surface area contributed by atoms with E-state index in [2.05, 4.69) is 9.71 Å². The summed E-state index contributed by atoms with van der Waals surface area (Å²) in [5, 5.41) is 0.267. The molecule has 0 spiro atoms. The van der Waals surface area contributed by atoms with Crippen LogP contribution in [-0.2, 0) is 16.4 Å². The van der Waals surface area contributed by atoms with Crippen LogP contribution in [0.1, 0.15) is 11.1 Å². The molecule has 0 atom stereocenters. The molecule has 106 valence electrons. The molecule has 0 aliphatic heterocycles. The molecule has 0 saturated heterocycles. The summed E-state index contributed by atoms with van der Waals surface area (Å²) in [6, 6.07) is 10.8. The standard InChI is InChI=1S/C14H15ClN2O2S/c1-11-4-2-3-5-12(11)8-9-17-20(18,19)13-6-7-14(15)16-10-13/h2-7,10,17H,8-9H2,1H3. The largest absolute Gasteiger partial charge is 0.243 e. The number of sulfonamides is 1. The molecular formula is C14H15ClN2O2S. The summed E-state index contributed by atoms with van der Waals surface area (Å²) in [6.07, 6.45) is 1.89. The van der Waals surface area contributed by atoms with Crippen molar-refractivity contribution in [3.63, 3.8) is 0 Å². The van der Waals surface area contributed by atoms with Crippen LogP contribution in [0.3, 0.4) is 0 Å². The van der Waals surface area contributed by atoms with E-state index in [4.69, 9.17) is 11.6 Å². The van der Waals surface area contributed by atoms with Gasteiger partial charge in [-0.3, -0.25) is 0 Å². The second kappa shape index (κ2) is 6.35. The van der Waals surface area contributed by atoms with Gasteiger partial charge in [0.25, 0.3) is 0 Å². The Balaban J connectivity index is 2.00. The predicted octanol–water partition coefficient (Wildman–Crippen LogP) is 2.56. The van der Waals surface area contributed by atoms with Gasteiger partial charge in [-0.25, -0.2) is 18.1 Å². The van der Waals surface area contributed by atoms with Gasteiger partial charge in [-0.2, -0.15) is 0 Å². The van der Waals surface area contributed by atoms with Gasteiger partial charge in [0.1, 0.15) is 10.0 Å². The highest BCUT2D eigenvalue weighted by Crippen LogP contribution is 2.11. The van der Waals surface area contributed by atoms with Crippen LogP contribution in [0.4, 0.5) is 0 Å². The van der Waals surface area contributed by atoms with E-state index in [1.165, 1.54) is 18.3 Å². The van der Waals surface area contributed by atoms with Crippen LogP contribution in [-0.4, -0.2) is 19.9 Å². The zero-order valence-electron chi connectivity index (χ0n) is 11.0. The number of hydrogen-bond acceptors (Lipinski definition) is 3. The average Bonchev–Trinajstić information content (AvgIpc) is 2.41. The van der Waals surface area contributed by atoms with Crippen molar-refractivity contribution in [2.45, 2.75) is 18.2 Å². The first kappa shape index (κ1) is 15.0. The van der Waals surface area contributed by atoms with Gasteiger partial charge in [-0.1, -0.05) is 35.9 Å². The average molecular weight is 311 g/mol. The monoisotopic (exact) mass is 310 g/mol. The molecule has 0 aliphatic carbocycles. The molecule has 1 N–H and O–H groups in total. The Kier molecular flexibility index (Phi) is 4.75.